The van der Waals surface area contributed by atoms with Crippen LogP contribution >= 0.6 is 69.6 Å². The third kappa shape index (κ3) is 5.82. The SMILES string of the molecule is O=C(Nc1cnn(Cc2ccc(F)cc2Cl)c1)c1ccc(COc2c(Cl)c(Cl)c(Cl)c(Cl)c2Cl)o1. The van der Waals surface area contributed by atoms with E-state index >= 15 is 0 Å². The molecule has 0 fully saturated rings. The fourth-order valence-corrected chi connectivity index (χ4v) is 4.42. The Morgan fingerprint density at radius 2 is 1.69 bits per heavy atom. The Kier molecular flexibility index (Phi) is 8.06. The van der Waals surface area contributed by atoms with Crippen LogP contribution in [0.3, 0.4) is 0 Å². The normalized spacial score (nSPS) is 11.1. The average molecular weight is 598 g/mol. The first kappa shape index (κ1) is 25.9. The lowest BCUT2D eigenvalue weighted by atomic mass is 10.2. The smallest absolute Gasteiger partial charge is 0.291 e. The summed E-state index contributed by atoms with van der Waals surface area (Å²) in [7, 11) is 0. The van der Waals surface area contributed by atoms with Crippen molar-refractivity contribution in [3.63, 3.8) is 0 Å². The van der Waals surface area contributed by atoms with Gasteiger partial charge in [0.2, 0.25) is 0 Å². The van der Waals surface area contributed by atoms with Crippen molar-refractivity contribution in [2.24, 2.45) is 0 Å². The van der Waals surface area contributed by atoms with Gasteiger partial charge in [-0.1, -0.05) is 75.7 Å². The van der Waals surface area contributed by atoms with Crippen LogP contribution in [0, 0.1) is 5.82 Å². The standard InChI is InChI=1S/C22H12Cl6FN3O3/c23-14-5-11(29)2-1-10(14)7-32-8-12(6-30-32)31-22(33)15-4-3-13(35-15)9-34-21-19(27)17(25)16(24)18(26)20(21)28/h1-6,8H,7,9H2,(H,31,33). The number of carbonyl (C=O) groups excluding carboxylic acids is 1. The molecule has 1 amide bonds. The van der Waals surface area contributed by atoms with E-state index in [0.717, 1.165) is 0 Å². The number of halogens is 7. The molecule has 4 aromatic rings. The van der Waals surface area contributed by atoms with Crippen LogP contribution in [0.4, 0.5) is 10.1 Å². The number of hydrogen-bond donors (Lipinski definition) is 1. The van der Waals surface area contributed by atoms with Gasteiger partial charge in [0.25, 0.3) is 5.91 Å². The van der Waals surface area contributed by atoms with E-state index in [1.54, 1.807) is 23.0 Å². The lowest BCUT2D eigenvalue weighted by Gasteiger charge is -2.12. The van der Waals surface area contributed by atoms with E-state index in [-0.39, 0.29) is 48.3 Å². The number of anilines is 1. The highest BCUT2D eigenvalue weighted by Crippen LogP contribution is 2.48. The molecule has 2 aromatic heterocycles. The molecule has 182 valence electrons. The second kappa shape index (κ2) is 10.9. The Morgan fingerprint density at radius 1 is 1.00 bits per heavy atom. The average Bonchev–Trinajstić information content (AvgIpc) is 3.48. The van der Waals surface area contributed by atoms with Gasteiger partial charge in [0.05, 0.1) is 33.5 Å². The van der Waals surface area contributed by atoms with Crippen LogP contribution < -0.4 is 10.1 Å². The molecule has 4 rings (SSSR count). The van der Waals surface area contributed by atoms with Gasteiger partial charge in [-0.25, -0.2) is 4.39 Å². The summed E-state index contributed by atoms with van der Waals surface area (Å²) in [6, 6.07) is 7.12. The fourth-order valence-electron chi connectivity index (χ4n) is 2.96. The minimum atomic E-state index is -0.510. The zero-order valence-corrected chi connectivity index (χ0v) is 21.8. The first-order valence-corrected chi connectivity index (χ1v) is 11.9. The van der Waals surface area contributed by atoms with Gasteiger partial charge in [0.1, 0.15) is 28.2 Å². The second-order valence-corrected chi connectivity index (χ2v) is 9.37. The van der Waals surface area contributed by atoms with E-state index in [1.807, 2.05) is 0 Å². The van der Waals surface area contributed by atoms with E-state index in [9.17, 15) is 9.18 Å². The zero-order valence-electron chi connectivity index (χ0n) is 17.2. The van der Waals surface area contributed by atoms with Crippen LogP contribution in [0.25, 0.3) is 0 Å². The van der Waals surface area contributed by atoms with Crippen molar-refractivity contribution in [2.45, 2.75) is 13.2 Å². The van der Waals surface area contributed by atoms with Crippen molar-refractivity contribution in [3.8, 4) is 5.75 Å². The molecule has 0 unspecified atom stereocenters. The molecular formula is C22H12Cl6FN3O3. The van der Waals surface area contributed by atoms with Crippen LogP contribution in [0.2, 0.25) is 30.1 Å². The molecule has 0 atom stereocenters. The van der Waals surface area contributed by atoms with Gasteiger partial charge in [-0.2, -0.15) is 5.10 Å². The minimum Gasteiger partial charge on any atom is -0.482 e. The highest BCUT2D eigenvalue weighted by atomic mass is 35.5. The molecule has 35 heavy (non-hydrogen) atoms. The number of amides is 1. The van der Waals surface area contributed by atoms with E-state index < -0.39 is 11.7 Å². The van der Waals surface area contributed by atoms with E-state index in [0.29, 0.717) is 23.6 Å². The molecule has 2 heterocycles. The number of furan rings is 1. The number of aromatic nitrogens is 2. The molecule has 0 saturated heterocycles. The molecule has 2 aromatic carbocycles. The van der Waals surface area contributed by atoms with Crippen LogP contribution in [0.15, 0.2) is 47.1 Å². The molecule has 13 heteroatoms. The largest absolute Gasteiger partial charge is 0.482 e. The number of nitrogens with zero attached hydrogens (tertiary/aromatic N) is 2. The lowest BCUT2D eigenvalue weighted by molar-refractivity contribution is 0.0992. The molecule has 0 bridgehead atoms. The van der Waals surface area contributed by atoms with Crippen molar-refractivity contribution in [1.29, 1.82) is 0 Å². The third-order valence-corrected chi connectivity index (χ3v) is 7.25. The summed E-state index contributed by atoms with van der Waals surface area (Å²) in [5.74, 6) is -0.566. The quantitative estimate of drug-likeness (QED) is 0.171. The molecule has 0 aliphatic rings. The van der Waals surface area contributed by atoms with Crippen molar-refractivity contribution < 1.29 is 18.3 Å². The predicted octanol–water partition coefficient (Wildman–Crippen LogP) is 8.42. The number of hydrogen-bond acceptors (Lipinski definition) is 4. The van der Waals surface area contributed by atoms with Crippen molar-refractivity contribution >= 4 is 81.2 Å². The Balaban J connectivity index is 1.39. The summed E-state index contributed by atoms with van der Waals surface area (Å²) in [6.07, 6.45) is 3.06. The molecule has 1 N–H and O–H groups in total. The van der Waals surface area contributed by atoms with Crippen molar-refractivity contribution in [1.82, 2.24) is 9.78 Å². The van der Waals surface area contributed by atoms with Gasteiger partial charge < -0.3 is 14.5 Å². The van der Waals surface area contributed by atoms with Crippen molar-refractivity contribution in [2.75, 3.05) is 5.32 Å². The molecular weight excluding hydrogens is 586 g/mol. The Labute approximate surface area is 228 Å². The molecule has 6 nitrogen and oxygen atoms in total. The van der Waals surface area contributed by atoms with E-state index in [4.69, 9.17) is 78.8 Å². The number of nitrogens with one attached hydrogen (secondary N) is 1. The number of ether oxygens (including phenoxy) is 1. The molecule has 0 radical (unpaired) electrons. The molecule has 0 aliphatic carbocycles. The molecule has 0 saturated carbocycles. The Hall–Kier alpha value is -2.13. The van der Waals surface area contributed by atoms with Crippen LogP contribution in [0.1, 0.15) is 21.9 Å². The van der Waals surface area contributed by atoms with Gasteiger partial charge >= 0.3 is 0 Å². The fraction of sp³-hybridized carbons (Fsp3) is 0.0909. The maximum absolute atomic E-state index is 13.2. The van der Waals surface area contributed by atoms with Gasteiger partial charge in [0.15, 0.2) is 11.5 Å². The summed E-state index contributed by atoms with van der Waals surface area (Å²) in [5.41, 5.74) is 1.10. The Bertz CT molecular complexity index is 1390. The van der Waals surface area contributed by atoms with Gasteiger partial charge in [0, 0.05) is 11.2 Å². The summed E-state index contributed by atoms with van der Waals surface area (Å²) in [5, 5.41) is 7.12. The van der Waals surface area contributed by atoms with Crippen molar-refractivity contribution in [3.05, 3.63) is 95.8 Å². The number of benzene rings is 2. The maximum atomic E-state index is 13.2. The first-order valence-electron chi connectivity index (χ1n) is 9.64. The molecule has 0 aliphatic heterocycles. The van der Waals surface area contributed by atoms with Gasteiger partial charge in [-0.3, -0.25) is 9.48 Å². The predicted molar refractivity (Wildman–Crippen MR) is 135 cm³/mol. The van der Waals surface area contributed by atoms with E-state index in [1.165, 1.54) is 24.4 Å². The maximum Gasteiger partial charge on any atom is 0.291 e. The molecule has 0 spiro atoms. The summed E-state index contributed by atoms with van der Waals surface area (Å²) in [6.45, 7) is 0.179. The van der Waals surface area contributed by atoms with Gasteiger partial charge in [-0.05, 0) is 29.8 Å². The topological polar surface area (TPSA) is 69.3 Å². The summed E-state index contributed by atoms with van der Waals surface area (Å²) in [4.78, 5) is 12.6. The number of rotatable bonds is 7. The van der Waals surface area contributed by atoms with Crippen LogP contribution in [0.5, 0.6) is 5.75 Å². The lowest BCUT2D eigenvalue weighted by Crippen LogP contribution is -2.10. The monoisotopic (exact) mass is 595 g/mol. The first-order chi connectivity index (χ1) is 16.6. The summed E-state index contributed by atoms with van der Waals surface area (Å²) < 4.78 is 25.9. The Morgan fingerprint density at radius 3 is 2.37 bits per heavy atom. The third-order valence-electron chi connectivity index (χ3n) is 4.65. The van der Waals surface area contributed by atoms with Crippen LogP contribution in [-0.2, 0) is 13.2 Å². The zero-order chi connectivity index (χ0) is 25.3. The highest BCUT2D eigenvalue weighted by molar-refractivity contribution is 6.55. The summed E-state index contributed by atoms with van der Waals surface area (Å²) >= 11 is 36.4. The highest BCUT2D eigenvalue weighted by Gasteiger charge is 2.21. The minimum absolute atomic E-state index is 0.000471. The van der Waals surface area contributed by atoms with Gasteiger partial charge in [-0.15, -0.1) is 0 Å². The number of carbonyl (C=O) groups is 1. The second-order valence-electron chi connectivity index (χ2n) is 7.07. The van der Waals surface area contributed by atoms with E-state index in [2.05, 4.69) is 10.4 Å². The van der Waals surface area contributed by atoms with Crippen LogP contribution in [-0.4, -0.2) is 15.7 Å².